The molecule has 1 aliphatic heterocycles. The van der Waals surface area contributed by atoms with Crippen molar-refractivity contribution in [1.82, 2.24) is 15.1 Å². The Balaban J connectivity index is 1.62. The predicted molar refractivity (Wildman–Crippen MR) is 73.8 cm³/mol. The van der Waals surface area contributed by atoms with Crippen LogP contribution in [-0.4, -0.2) is 34.5 Å². The van der Waals surface area contributed by atoms with E-state index >= 15 is 0 Å². The van der Waals surface area contributed by atoms with Gasteiger partial charge in [-0.15, -0.1) is 10.2 Å². The maximum absolute atomic E-state index is 10.7. The predicted octanol–water partition coefficient (Wildman–Crippen LogP) is 2.15. The minimum absolute atomic E-state index is 0.216. The monoisotopic (exact) mass is 271 g/mol. The molecule has 104 valence electrons. The van der Waals surface area contributed by atoms with Gasteiger partial charge in [0, 0.05) is 11.5 Å². The number of benzene rings is 1. The third kappa shape index (κ3) is 2.93. The number of piperidine rings is 1. The Hall–Kier alpha value is -2.01. The van der Waals surface area contributed by atoms with Crippen LogP contribution in [0.1, 0.15) is 18.7 Å². The van der Waals surface area contributed by atoms with Crippen LogP contribution in [0.25, 0.3) is 11.5 Å². The van der Waals surface area contributed by atoms with Crippen LogP contribution in [0.3, 0.4) is 0 Å². The van der Waals surface area contributed by atoms with Gasteiger partial charge in [-0.3, -0.25) is 4.90 Å². The van der Waals surface area contributed by atoms with Crippen LogP contribution in [0.2, 0.25) is 0 Å². The molecule has 0 atom stereocenters. The van der Waals surface area contributed by atoms with Gasteiger partial charge in [0.05, 0.1) is 6.54 Å². The summed E-state index contributed by atoms with van der Waals surface area (Å²) in [5.74, 6) is 1.41. The third-order valence-electron chi connectivity index (χ3n) is 3.67. The molecule has 1 fully saturated rings. The van der Waals surface area contributed by atoms with E-state index in [-0.39, 0.29) is 5.92 Å². The maximum atomic E-state index is 10.7. The van der Waals surface area contributed by atoms with Crippen molar-refractivity contribution in [1.29, 1.82) is 0 Å². The SMILES string of the molecule is O=CC1CCN(Cc2nnc(-c3ccccc3)o2)CC1. The zero-order valence-electron chi connectivity index (χ0n) is 11.2. The molecule has 1 aromatic heterocycles. The molecule has 1 aliphatic rings. The quantitative estimate of drug-likeness (QED) is 0.797. The Bertz CT molecular complexity index is 560. The van der Waals surface area contributed by atoms with E-state index in [1.54, 1.807) is 0 Å². The summed E-state index contributed by atoms with van der Waals surface area (Å²) in [5, 5.41) is 8.18. The molecule has 0 aliphatic carbocycles. The molecule has 0 amide bonds. The lowest BCUT2D eigenvalue weighted by molar-refractivity contribution is -0.112. The molecule has 0 unspecified atom stereocenters. The Kier molecular flexibility index (Phi) is 3.87. The Morgan fingerprint density at radius 1 is 1.20 bits per heavy atom. The molecule has 5 heteroatoms. The smallest absolute Gasteiger partial charge is 0.247 e. The summed E-state index contributed by atoms with van der Waals surface area (Å²) in [6.45, 7) is 2.48. The van der Waals surface area contributed by atoms with Gasteiger partial charge in [0.15, 0.2) is 0 Å². The van der Waals surface area contributed by atoms with Gasteiger partial charge in [0.2, 0.25) is 11.8 Å². The van der Waals surface area contributed by atoms with Crippen molar-refractivity contribution in [2.45, 2.75) is 19.4 Å². The zero-order chi connectivity index (χ0) is 13.8. The normalized spacial score (nSPS) is 17.2. The van der Waals surface area contributed by atoms with Gasteiger partial charge in [-0.25, -0.2) is 0 Å². The summed E-state index contributed by atoms with van der Waals surface area (Å²) in [4.78, 5) is 13.0. The number of hydrogen-bond donors (Lipinski definition) is 0. The zero-order valence-corrected chi connectivity index (χ0v) is 11.2. The first-order valence-electron chi connectivity index (χ1n) is 6.90. The van der Waals surface area contributed by atoms with Crippen LogP contribution in [0.15, 0.2) is 34.7 Å². The average molecular weight is 271 g/mol. The van der Waals surface area contributed by atoms with Crippen molar-refractivity contribution < 1.29 is 9.21 Å². The Labute approximate surface area is 117 Å². The molecule has 2 heterocycles. The molecule has 5 nitrogen and oxygen atoms in total. The van der Waals surface area contributed by atoms with E-state index in [2.05, 4.69) is 15.1 Å². The first-order valence-corrected chi connectivity index (χ1v) is 6.90. The summed E-state index contributed by atoms with van der Waals surface area (Å²) >= 11 is 0. The second kappa shape index (κ2) is 5.96. The van der Waals surface area contributed by atoms with E-state index in [1.807, 2.05) is 30.3 Å². The molecule has 2 aromatic rings. The molecular weight excluding hydrogens is 254 g/mol. The molecule has 1 aromatic carbocycles. The molecule has 0 saturated carbocycles. The van der Waals surface area contributed by atoms with E-state index in [4.69, 9.17) is 4.42 Å². The second-order valence-electron chi connectivity index (χ2n) is 5.12. The van der Waals surface area contributed by atoms with Gasteiger partial charge in [-0.1, -0.05) is 18.2 Å². The number of likely N-dealkylation sites (tertiary alicyclic amines) is 1. The van der Waals surface area contributed by atoms with Gasteiger partial charge in [-0.2, -0.15) is 0 Å². The van der Waals surface area contributed by atoms with Crippen LogP contribution in [0, 0.1) is 5.92 Å². The highest BCUT2D eigenvalue weighted by molar-refractivity contribution is 5.53. The van der Waals surface area contributed by atoms with Crippen molar-refractivity contribution >= 4 is 6.29 Å². The van der Waals surface area contributed by atoms with Crippen molar-refractivity contribution in [3.63, 3.8) is 0 Å². The van der Waals surface area contributed by atoms with E-state index < -0.39 is 0 Å². The first kappa shape index (κ1) is 13.0. The molecule has 0 bridgehead atoms. The third-order valence-corrected chi connectivity index (χ3v) is 3.67. The number of aromatic nitrogens is 2. The number of hydrogen-bond acceptors (Lipinski definition) is 5. The molecule has 0 spiro atoms. The van der Waals surface area contributed by atoms with Crippen molar-refractivity contribution in [2.24, 2.45) is 5.92 Å². The minimum Gasteiger partial charge on any atom is -0.419 e. The fraction of sp³-hybridized carbons (Fsp3) is 0.400. The number of carbonyl (C=O) groups excluding carboxylic acids is 1. The van der Waals surface area contributed by atoms with E-state index in [1.165, 1.54) is 0 Å². The van der Waals surface area contributed by atoms with Crippen LogP contribution >= 0.6 is 0 Å². The Morgan fingerprint density at radius 2 is 1.95 bits per heavy atom. The minimum atomic E-state index is 0.216. The highest BCUT2D eigenvalue weighted by Gasteiger charge is 2.20. The van der Waals surface area contributed by atoms with Crippen molar-refractivity contribution in [2.75, 3.05) is 13.1 Å². The number of aldehydes is 1. The van der Waals surface area contributed by atoms with E-state index in [0.717, 1.165) is 37.8 Å². The lowest BCUT2D eigenvalue weighted by Gasteiger charge is -2.28. The lowest BCUT2D eigenvalue weighted by Crippen LogP contribution is -2.33. The van der Waals surface area contributed by atoms with Crippen LogP contribution in [-0.2, 0) is 11.3 Å². The van der Waals surface area contributed by atoms with Gasteiger partial charge < -0.3 is 9.21 Å². The topological polar surface area (TPSA) is 59.2 Å². The highest BCUT2D eigenvalue weighted by Crippen LogP contribution is 2.20. The summed E-state index contributed by atoms with van der Waals surface area (Å²) in [6.07, 6.45) is 2.91. The van der Waals surface area contributed by atoms with Crippen molar-refractivity contribution in [3.05, 3.63) is 36.2 Å². The van der Waals surface area contributed by atoms with Gasteiger partial charge in [0.1, 0.15) is 6.29 Å². The highest BCUT2D eigenvalue weighted by atomic mass is 16.4. The first-order chi connectivity index (χ1) is 9.85. The van der Waals surface area contributed by atoms with Crippen molar-refractivity contribution in [3.8, 4) is 11.5 Å². The van der Waals surface area contributed by atoms with Crippen LogP contribution in [0.4, 0.5) is 0 Å². The average Bonchev–Trinajstić information content (AvgIpc) is 2.97. The molecule has 0 N–H and O–H groups in total. The van der Waals surface area contributed by atoms with E-state index in [9.17, 15) is 4.79 Å². The molecular formula is C15H17N3O2. The molecule has 3 rings (SSSR count). The fourth-order valence-electron chi connectivity index (χ4n) is 2.45. The maximum Gasteiger partial charge on any atom is 0.247 e. The van der Waals surface area contributed by atoms with Gasteiger partial charge in [-0.05, 0) is 38.1 Å². The van der Waals surface area contributed by atoms with Crippen LogP contribution in [0.5, 0.6) is 0 Å². The summed E-state index contributed by atoms with van der Waals surface area (Å²) < 4.78 is 5.69. The number of rotatable bonds is 4. The summed E-state index contributed by atoms with van der Waals surface area (Å²) in [5.41, 5.74) is 0.936. The number of nitrogens with zero attached hydrogens (tertiary/aromatic N) is 3. The summed E-state index contributed by atoms with van der Waals surface area (Å²) in [7, 11) is 0. The largest absolute Gasteiger partial charge is 0.419 e. The molecule has 1 saturated heterocycles. The summed E-state index contributed by atoms with van der Waals surface area (Å²) in [6, 6.07) is 9.75. The molecule has 20 heavy (non-hydrogen) atoms. The van der Waals surface area contributed by atoms with Crippen LogP contribution < -0.4 is 0 Å². The molecule has 0 radical (unpaired) electrons. The van der Waals surface area contributed by atoms with Gasteiger partial charge >= 0.3 is 0 Å². The van der Waals surface area contributed by atoms with E-state index in [0.29, 0.717) is 18.3 Å². The fourth-order valence-corrected chi connectivity index (χ4v) is 2.45. The second-order valence-corrected chi connectivity index (χ2v) is 5.12. The lowest BCUT2D eigenvalue weighted by atomic mass is 9.99. The van der Waals surface area contributed by atoms with Gasteiger partial charge in [0.25, 0.3) is 0 Å². The standard InChI is InChI=1S/C15H17N3O2/c19-11-12-6-8-18(9-7-12)10-14-16-17-15(20-14)13-4-2-1-3-5-13/h1-5,11-12H,6-10H2. The number of carbonyl (C=O) groups is 1. The Morgan fingerprint density at radius 3 is 2.65 bits per heavy atom.